The molecular formula is C20H32O. The van der Waals surface area contributed by atoms with E-state index in [2.05, 4.69) is 39.8 Å². The lowest BCUT2D eigenvalue weighted by Gasteiger charge is -2.58. The lowest BCUT2D eigenvalue weighted by Crippen LogP contribution is -2.51. The van der Waals surface area contributed by atoms with Crippen LogP contribution in [-0.2, 0) is 0 Å². The van der Waals surface area contributed by atoms with Gasteiger partial charge >= 0.3 is 0 Å². The molecule has 0 radical (unpaired) electrons. The van der Waals surface area contributed by atoms with E-state index in [1.807, 2.05) is 0 Å². The van der Waals surface area contributed by atoms with Gasteiger partial charge in [-0.05, 0) is 66.3 Å². The molecule has 0 aromatic carbocycles. The van der Waals surface area contributed by atoms with Crippen LogP contribution in [0, 0.1) is 28.6 Å². The smallest absolute Gasteiger partial charge is 0.0487 e. The summed E-state index contributed by atoms with van der Waals surface area (Å²) in [5.74, 6) is 2.07. The molecule has 3 aliphatic carbocycles. The van der Waals surface area contributed by atoms with Gasteiger partial charge < -0.3 is 5.11 Å². The lowest BCUT2D eigenvalue weighted by atomic mass is 9.47. The first-order chi connectivity index (χ1) is 9.90. The van der Waals surface area contributed by atoms with Crippen LogP contribution in [0.15, 0.2) is 23.3 Å². The van der Waals surface area contributed by atoms with Crippen LogP contribution in [0.1, 0.15) is 66.2 Å². The van der Waals surface area contributed by atoms with E-state index in [-0.39, 0.29) is 5.41 Å². The highest BCUT2D eigenvalue weighted by atomic mass is 16.3. The molecule has 0 unspecified atom stereocenters. The maximum atomic E-state index is 9.98. The van der Waals surface area contributed by atoms with E-state index < -0.39 is 0 Å². The average molecular weight is 288 g/mol. The lowest BCUT2D eigenvalue weighted by molar-refractivity contribution is -0.0737. The summed E-state index contributed by atoms with van der Waals surface area (Å²) in [6, 6.07) is 0. The quantitative estimate of drug-likeness (QED) is 0.748. The largest absolute Gasteiger partial charge is 0.396 e. The van der Waals surface area contributed by atoms with Crippen LogP contribution in [0.25, 0.3) is 0 Å². The number of rotatable bonds is 2. The van der Waals surface area contributed by atoms with Crippen LogP contribution in [-0.4, -0.2) is 11.7 Å². The molecule has 1 saturated carbocycles. The Morgan fingerprint density at radius 3 is 2.71 bits per heavy atom. The number of allylic oxidation sites excluding steroid dienone is 4. The molecule has 1 N–H and O–H groups in total. The van der Waals surface area contributed by atoms with Crippen LogP contribution in [0.4, 0.5) is 0 Å². The first kappa shape index (κ1) is 15.3. The first-order valence-electron chi connectivity index (χ1n) is 8.92. The molecular weight excluding hydrogens is 256 g/mol. The summed E-state index contributed by atoms with van der Waals surface area (Å²) >= 11 is 0. The standard InChI is InChI=1S/C20H32O/c1-14(2)15-6-8-17-16(12-15)7-9-18-19(3,13-21)10-5-11-20(17,18)4/h7,12,14,17-18,21H,5-6,8-11,13H2,1-4H3/t17-,18-,19+,20+/m1/s1. The Morgan fingerprint density at radius 1 is 1.29 bits per heavy atom. The van der Waals surface area contributed by atoms with Crippen molar-refractivity contribution in [2.45, 2.75) is 66.2 Å². The molecule has 0 aliphatic heterocycles. The second kappa shape index (κ2) is 5.26. The van der Waals surface area contributed by atoms with Gasteiger partial charge in [-0.15, -0.1) is 0 Å². The Balaban J connectivity index is 1.97. The predicted octanol–water partition coefficient (Wildman–Crippen LogP) is 5.11. The van der Waals surface area contributed by atoms with E-state index >= 15 is 0 Å². The number of hydrogen-bond donors (Lipinski definition) is 1. The van der Waals surface area contributed by atoms with Crippen LogP contribution >= 0.6 is 0 Å². The zero-order valence-electron chi connectivity index (χ0n) is 14.3. The van der Waals surface area contributed by atoms with E-state index in [1.165, 1.54) is 38.5 Å². The molecule has 0 spiro atoms. The fraction of sp³-hybridized carbons (Fsp3) is 0.800. The molecule has 21 heavy (non-hydrogen) atoms. The Morgan fingerprint density at radius 2 is 2.05 bits per heavy atom. The highest BCUT2D eigenvalue weighted by Crippen LogP contribution is 2.61. The van der Waals surface area contributed by atoms with Crippen molar-refractivity contribution in [2.24, 2.45) is 28.6 Å². The fourth-order valence-electron chi connectivity index (χ4n) is 5.66. The summed E-state index contributed by atoms with van der Waals surface area (Å²) in [6.45, 7) is 9.85. The second-order valence-electron chi connectivity index (χ2n) is 8.63. The van der Waals surface area contributed by atoms with Gasteiger partial charge in [0.2, 0.25) is 0 Å². The minimum Gasteiger partial charge on any atom is -0.396 e. The molecule has 118 valence electrons. The molecule has 3 rings (SSSR count). The summed E-state index contributed by atoms with van der Waals surface area (Å²) in [5, 5.41) is 9.98. The van der Waals surface area contributed by atoms with E-state index in [4.69, 9.17) is 0 Å². The molecule has 1 heteroatoms. The van der Waals surface area contributed by atoms with Crippen LogP contribution in [0.3, 0.4) is 0 Å². The predicted molar refractivity (Wildman–Crippen MR) is 89.0 cm³/mol. The summed E-state index contributed by atoms with van der Waals surface area (Å²) in [7, 11) is 0. The van der Waals surface area contributed by atoms with Gasteiger partial charge in [-0.3, -0.25) is 0 Å². The normalized spacial score (nSPS) is 43.0. The van der Waals surface area contributed by atoms with E-state index in [9.17, 15) is 5.11 Å². The van der Waals surface area contributed by atoms with E-state index in [1.54, 1.807) is 11.1 Å². The molecule has 0 heterocycles. The van der Waals surface area contributed by atoms with Gasteiger partial charge in [-0.1, -0.05) is 51.8 Å². The summed E-state index contributed by atoms with van der Waals surface area (Å²) in [6.07, 6.45) is 12.6. The summed E-state index contributed by atoms with van der Waals surface area (Å²) < 4.78 is 0. The van der Waals surface area contributed by atoms with Crippen LogP contribution < -0.4 is 0 Å². The second-order valence-corrected chi connectivity index (χ2v) is 8.63. The SMILES string of the molecule is CC(C)C1=CC2=CC[C@@H]3[C@](C)(CO)CCC[C@@]3(C)[C@@H]2CC1. The van der Waals surface area contributed by atoms with Crippen LogP contribution in [0.5, 0.6) is 0 Å². The molecule has 0 saturated heterocycles. The molecule has 4 atom stereocenters. The molecule has 0 aromatic rings. The Hall–Kier alpha value is -0.560. The van der Waals surface area contributed by atoms with Gasteiger partial charge in [0.25, 0.3) is 0 Å². The van der Waals surface area contributed by atoms with Crippen molar-refractivity contribution in [3.05, 3.63) is 23.3 Å². The van der Waals surface area contributed by atoms with E-state index in [0.717, 1.165) is 5.92 Å². The van der Waals surface area contributed by atoms with Crippen molar-refractivity contribution in [2.75, 3.05) is 6.61 Å². The van der Waals surface area contributed by atoms with Crippen molar-refractivity contribution in [3.8, 4) is 0 Å². The molecule has 0 bridgehead atoms. The maximum Gasteiger partial charge on any atom is 0.0487 e. The zero-order chi connectivity index (χ0) is 15.3. The monoisotopic (exact) mass is 288 g/mol. The number of aliphatic hydroxyl groups excluding tert-OH is 1. The molecule has 1 fully saturated rings. The van der Waals surface area contributed by atoms with Crippen molar-refractivity contribution in [1.82, 2.24) is 0 Å². The highest BCUT2D eigenvalue weighted by Gasteiger charge is 2.53. The minimum absolute atomic E-state index is 0.136. The van der Waals surface area contributed by atoms with Gasteiger partial charge in [0.05, 0.1) is 0 Å². The Kier molecular flexibility index (Phi) is 3.84. The molecule has 1 nitrogen and oxygen atoms in total. The van der Waals surface area contributed by atoms with Crippen molar-refractivity contribution < 1.29 is 5.11 Å². The van der Waals surface area contributed by atoms with Gasteiger partial charge in [0, 0.05) is 6.61 Å². The van der Waals surface area contributed by atoms with Gasteiger partial charge in [-0.2, -0.15) is 0 Å². The summed E-state index contributed by atoms with van der Waals surface area (Å²) in [5.41, 5.74) is 3.79. The Labute approximate surface area is 130 Å². The number of hydrogen-bond acceptors (Lipinski definition) is 1. The van der Waals surface area contributed by atoms with Crippen molar-refractivity contribution >= 4 is 0 Å². The molecule has 3 aliphatic rings. The van der Waals surface area contributed by atoms with E-state index in [0.29, 0.717) is 23.9 Å². The topological polar surface area (TPSA) is 20.2 Å². The minimum atomic E-state index is 0.136. The molecule has 0 aromatic heterocycles. The highest BCUT2D eigenvalue weighted by molar-refractivity contribution is 5.35. The third kappa shape index (κ3) is 2.32. The first-order valence-corrected chi connectivity index (χ1v) is 8.92. The van der Waals surface area contributed by atoms with Crippen molar-refractivity contribution in [3.63, 3.8) is 0 Å². The zero-order valence-corrected chi connectivity index (χ0v) is 14.3. The molecule has 0 amide bonds. The third-order valence-corrected chi connectivity index (χ3v) is 7.06. The van der Waals surface area contributed by atoms with Gasteiger partial charge in [0.1, 0.15) is 0 Å². The third-order valence-electron chi connectivity index (χ3n) is 7.06. The van der Waals surface area contributed by atoms with Gasteiger partial charge in [0.15, 0.2) is 0 Å². The van der Waals surface area contributed by atoms with Crippen LogP contribution in [0.2, 0.25) is 0 Å². The maximum absolute atomic E-state index is 9.98. The number of fused-ring (bicyclic) bond motifs is 3. The Bertz CT molecular complexity index is 472. The fourth-order valence-corrected chi connectivity index (χ4v) is 5.66. The van der Waals surface area contributed by atoms with Gasteiger partial charge in [-0.25, -0.2) is 0 Å². The average Bonchev–Trinajstić information content (AvgIpc) is 2.46. The number of aliphatic hydroxyl groups is 1. The van der Waals surface area contributed by atoms with Crippen molar-refractivity contribution in [1.29, 1.82) is 0 Å². The summed E-state index contributed by atoms with van der Waals surface area (Å²) in [4.78, 5) is 0.